The summed E-state index contributed by atoms with van der Waals surface area (Å²) in [5.74, 6) is -0.645. The van der Waals surface area contributed by atoms with Crippen LogP contribution in [0.25, 0.3) is 0 Å². The van der Waals surface area contributed by atoms with E-state index in [1.165, 1.54) is 6.92 Å². The number of hydrogen-bond donors (Lipinski definition) is 2. The highest BCUT2D eigenvalue weighted by atomic mass is 79.9. The third-order valence-corrected chi connectivity index (χ3v) is 5.60. The van der Waals surface area contributed by atoms with Gasteiger partial charge in [0.1, 0.15) is 5.82 Å². The Labute approximate surface area is 138 Å². The summed E-state index contributed by atoms with van der Waals surface area (Å²) in [4.78, 5) is -0.0657. The van der Waals surface area contributed by atoms with Crippen molar-refractivity contribution in [2.75, 3.05) is 10.5 Å². The summed E-state index contributed by atoms with van der Waals surface area (Å²) in [6, 6.07) is 7.37. The molecule has 0 amide bonds. The van der Waals surface area contributed by atoms with Crippen LogP contribution < -0.4 is 10.5 Å². The highest BCUT2D eigenvalue weighted by Gasteiger charge is 2.21. The van der Waals surface area contributed by atoms with E-state index >= 15 is 0 Å². The molecular formula is C13H11Br2FN2O2S. The normalized spacial score (nSPS) is 11.4. The molecule has 4 nitrogen and oxygen atoms in total. The number of para-hydroxylation sites is 1. The van der Waals surface area contributed by atoms with Crippen molar-refractivity contribution in [3.8, 4) is 0 Å². The van der Waals surface area contributed by atoms with Gasteiger partial charge in [-0.15, -0.1) is 0 Å². The standard InChI is InChI=1S/C13H11Br2FN2O2S/c1-7-5-10(16)11(17)6-12(7)21(19,20)18-13-8(14)3-2-4-9(13)15/h2-6,18H,17H2,1H3. The van der Waals surface area contributed by atoms with E-state index in [-0.39, 0.29) is 16.1 Å². The third-order valence-electron chi connectivity index (χ3n) is 2.78. The molecule has 3 N–H and O–H groups in total. The van der Waals surface area contributed by atoms with Crippen LogP contribution in [0.4, 0.5) is 15.8 Å². The quantitative estimate of drug-likeness (QED) is 0.711. The van der Waals surface area contributed by atoms with Crippen molar-refractivity contribution in [2.45, 2.75) is 11.8 Å². The van der Waals surface area contributed by atoms with Gasteiger partial charge in [0, 0.05) is 8.95 Å². The van der Waals surface area contributed by atoms with Gasteiger partial charge in [-0.25, -0.2) is 12.8 Å². The van der Waals surface area contributed by atoms with Gasteiger partial charge in [0.25, 0.3) is 10.0 Å². The Morgan fingerprint density at radius 2 is 1.76 bits per heavy atom. The van der Waals surface area contributed by atoms with E-state index in [2.05, 4.69) is 36.6 Å². The van der Waals surface area contributed by atoms with E-state index in [0.717, 1.165) is 12.1 Å². The van der Waals surface area contributed by atoms with Gasteiger partial charge >= 0.3 is 0 Å². The molecule has 0 fully saturated rings. The summed E-state index contributed by atoms with van der Waals surface area (Å²) in [5, 5.41) is 0. The molecule has 8 heteroatoms. The van der Waals surface area contributed by atoms with E-state index in [1.54, 1.807) is 18.2 Å². The first kappa shape index (κ1) is 16.3. The van der Waals surface area contributed by atoms with Crippen LogP contribution >= 0.6 is 31.9 Å². The average Bonchev–Trinajstić information content (AvgIpc) is 2.38. The molecule has 0 heterocycles. The highest BCUT2D eigenvalue weighted by Crippen LogP contribution is 2.33. The molecule has 2 rings (SSSR count). The van der Waals surface area contributed by atoms with Crippen molar-refractivity contribution in [1.82, 2.24) is 0 Å². The number of hydrogen-bond acceptors (Lipinski definition) is 3. The van der Waals surface area contributed by atoms with Gasteiger partial charge in [0.2, 0.25) is 0 Å². The number of sulfonamides is 1. The first-order chi connectivity index (χ1) is 9.72. The van der Waals surface area contributed by atoms with Crippen molar-refractivity contribution in [1.29, 1.82) is 0 Å². The second-order valence-corrected chi connectivity index (χ2v) is 7.70. The summed E-state index contributed by atoms with van der Waals surface area (Å²) >= 11 is 6.55. The molecule has 0 aliphatic rings. The summed E-state index contributed by atoms with van der Waals surface area (Å²) in [5.41, 5.74) is 5.87. The van der Waals surface area contributed by atoms with Crippen LogP contribution in [0.5, 0.6) is 0 Å². The minimum atomic E-state index is -3.88. The largest absolute Gasteiger partial charge is 0.396 e. The summed E-state index contributed by atoms with van der Waals surface area (Å²) in [7, 11) is -3.88. The van der Waals surface area contributed by atoms with Crippen LogP contribution in [-0.4, -0.2) is 8.42 Å². The Morgan fingerprint density at radius 1 is 1.19 bits per heavy atom. The minimum absolute atomic E-state index is 0.0657. The molecule has 0 aliphatic carbocycles. The smallest absolute Gasteiger partial charge is 0.262 e. The van der Waals surface area contributed by atoms with Crippen LogP contribution in [0.15, 0.2) is 44.2 Å². The van der Waals surface area contributed by atoms with Gasteiger partial charge < -0.3 is 5.73 Å². The van der Waals surface area contributed by atoms with Gasteiger partial charge in [-0.1, -0.05) is 6.07 Å². The van der Waals surface area contributed by atoms with Crippen molar-refractivity contribution in [3.05, 3.63) is 50.7 Å². The Bertz CT molecular complexity index is 790. The average molecular weight is 438 g/mol. The Morgan fingerprint density at radius 3 is 2.33 bits per heavy atom. The van der Waals surface area contributed by atoms with Gasteiger partial charge in [-0.2, -0.15) is 0 Å². The Kier molecular flexibility index (Phi) is 4.60. The van der Waals surface area contributed by atoms with Crippen molar-refractivity contribution in [3.63, 3.8) is 0 Å². The second kappa shape index (κ2) is 5.94. The lowest BCUT2D eigenvalue weighted by atomic mass is 10.2. The first-order valence-corrected chi connectivity index (χ1v) is 8.82. The highest BCUT2D eigenvalue weighted by molar-refractivity contribution is 9.11. The number of halogens is 3. The zero-order valence-corrected chi connectivity index (χ0v) is 14.8. The molecule has 0 saturated heterocycles. The number of nitrogen functional groups attached to an aromatic ring is 1. The van der Waals surface area contributed by atoms with Crippen LogP contribution in [0.2, 0.25) is 0 Å². The lowest BCUT2D eigenvalue weighted by Gasteiger charge is -2.14. The molecule has 0 unspecified atom stereocenters. The number of nitrogens with one attached hydrogen (secondary N) is 1. The molecule has 0 bridgehead atoms. The minimum Gasteiger partial charge on any atom is -0.396 e. The fourth-order valence-electron chi connectivity index (χ4n) is 1.74. The summed E-state index contributed by atoms with van der Waals surface area (Å²) < 4.78 is 41.9. The number of rotatable bonds is 3. The molecule has 112 valence electrons. The van der Waals surface area contributed by atoms with Gasteiger partial charge in [0.05, 0.1) is 16.3 Å². The first-order valence-electron chi connectivity index (χ1n) is 5.75. The molecule has 0 spiro atoms. The number of nitrogens with two attached hydrogens (primary N) is 1. The van der Waals surface area contributed by atoms with Gasteiger partial charge in [-0.05, 0) is 68.6 Å². The number of benzene rings is 2. The molecule has 0 radical (unpaired) electrons. The van der Waals surface area contributed by atoms with Crippen molar-refractivity contribution in [2.24, 2.45) is 0 Å². The van der Waals surface area contributed by atoms with Crippen LogP contribution in [0.3, 0.4) is 0 Å². The van der Waals surface area contributed by atoms with E-state index in [4.69, 9.17) is 5.73 Å². The predicted molar refractivity (Wildman–Crippen MR) is 88.2 cm³/mol. The lowest BCUT2D eigenvalue weighted by Crippen LogP contribution is -2.15. The van der Waals surface area contributed by atoms with E-state index in [1.807, 2.05) is 0 Å². The van der Waals surface area contributed by atoms with Gasteiger partial charge in [0.15, 0.2) is 0 Å². The predicted octanol–water partition coefficient (Wildman–Crippen LogP) is 4.04. The van der Waals surface area contributed by atoms with Crippen LogP contribution in [0, 0.1) is 12.7 Å². The second-order valence-electron chi connectivity index (χ2n) is 4.34. The maximum atomic E-state index is 13.3. The van der Waals surface area contributed by atoms with Crippen molar-refractivity contribution >= 4 is 53.3 Å². The zero-order chi connectivity index (χ0) is 15.8. The molecule has 21 heavy (non-hydrogen) atoms. The molecule has 2 aromatic carbocycles. The van der Waals surface area contributed by atoms with E-state index in [0.29, 0.717) is 14.6 Å². The Balaban J connectivity index is 2.51. The lowest BCUT2D eigenvalue weighted by molar-refractivity contribution is 0.599. The van der Waals surface area contributed by atoms with Crippen LogP contribution in [-0.2, 0) is 10.0 Å². The zero-order valence-electron chi connectivity index (χ0n) is 10.8. The number of anilines is 2. The molecule has 0 saturated carbocycles. The topological polar surface area (TPSA) is 72.2 Å². The summed E-state index contributed by atoms with van der Waals surface area (Å²) in [6.07, 6.45) is 0. The molecular weight excluding hydrogens is 427 g/mol. The summed E-state index contributed by atoms with van der Waals surface area (Å²) in [6.45, 7) is 1.51. The fourth-order valence-corrected chi connectivity index (χ4v) is 4.57. The third kappa shape index (κ3) is 3.38. The fraction of sp³-hybridized carbons (Fsp3) is 0.0769. The van der Waals surface area contributed by atoms with Crippen molar-refractivity contribution < 1.29 is 12.8 Å². The molecule has 2 aromatic rings. The molecule has 0 atom stereocenters. The van der Waals surface area contributed by atoms with E-state index in [9.17, 15) is 12.8 Å². The van der Waals surface area contributed by atoms with Crippen LogP contribution in [0.1, 0.15) is 5.56 Å². The SMILES string of the molecule is Cc1cc(F)c(N)cc1S(=O)(=O)Nc1c(Br)cccc1Br. The molecule has 0 aromatic heterocycles. The maximum absolute atomic E-state index is 13.3. The number of aryl methyl sites for hydroxylation is 1. The maximum Gasteiger partial charge on any atom is 0.262 e. The molecule has 0 aliphatic heterocycles. The monoisotopic (exact) mass is 436 g/mol. The van der Waals surface area contributed by atoms with E-state index < -0.39 is 15.8 Å². The Hall–Kier alpha value is -1.12. The van der Waals surface area contributed by atoms with Gasteiger partial charge in [-0.3, -0.25) is 4.72 Å².